The molecule has 1 N–H and O–H groups in total. The lowest BCUT2D eigenvalue weighted by atomic mass is 10.0. The molecule has 0 bridgehead atoms. The fourth-order valence-electron chi connectivity index (χ4n) is 5.39. The van der Waals surface area contributed by atoms with Gasteiger partial charge in [-0.3, -0.25) is 4.79 Å². The minimum atomic E-state index is -1.82. The summed E-state index contributed by atoms with van der Waals surface area (Å²) in [6.45, 7) is 7.95. The van der Waals surface area contributed by atoms with E-state index in [1.54, 1.807) is 16.5 Å². The summed E-state index contributed by atoms with van der Waals surface area (Å²) in [6.07, 6.45) is 13.8. The van der Waals surface area contributed by atoms with E-state index in [-0.39, 0.29) is 26.6 Å². The van der Waals surface area contributed by atoms with Crippen molar-refractivity contribution in [3.63, 3.8) is 0 Å². The van der Waals surface area contributed by atoms with Crippen LogP contribution in [-0.2, 0) is 17.5 Å². The van der Waals surface area contributed by atoms with Crippen molar-refractivity contribution in [3.05, 3.63) is 172 Å². The second kappa shape index (κ2) is 20.7. The van der Waals surface area contributed by atoms with Gasteiger partial charge in [0.2, 0.25) is 0 Å². The van der Waals surface area contributed by atoms with Crippen LogP contribution in [0, 0.1) is 5.92 Å². The topological polar surface area (TPSA) is 60.9 Å². The first-order valence-corrected chi connectivity index (χ1v) is 19.0. The molecule has 2 atom stereocenters. The predicted molar refractivity (Wildman–Crippen MR) is 215 cm³/mol. The van der Waals surface area contributed by atoms with Gasteiger partial charge in [0.15, 0.2) is 5.75 Å². The molecule has 0 spiro atoms. The highest BCUT2D eigenvalue weighted by Gasteiger charge is 2.22. The first-order valence-electron chi connectivity index (χ1n) is 17.2. The molecule has 1 aliphatic carbocycles. The molecule has 0 aromatic heterocycles. The van der Waals surface area contributed by atoms with Crippen LogP contribution in [0.15, 0.2) is 150 Å². The normalized spacial score (nSPS) is 15.0. The fourth-order valence-corrected chi connectivity index (χ4v) is 7.38. The van der Waals surface area contributed by atoms with E-state index in [1.807, 2.05) is 115 Å². The number of phenols is 1. The van der Waals surface area contributed by atoms with Crippen molar-refractivity contribution >= 4 is 45.7 Å². The minimum absolute atomic E-state index is 0.0177. The van der Waals surface area contributed by atoms with E-state index >= 15 is 0 Å². The fraction of sp³-hybridized carbons (Fsp3) is 0.233. The number of hydrogen-bond acceptors (Lipinski definition) is 3. The molecule has 0 saturated carbocycles. The third kappa shape index (κ3) is 12.7. The smallest absolute Gasteiger partial charge is 0.253 e. The molecule has 0 saturated heterocycles. The number of nitrogens with zero attached hydrogens (tertiary/aromatic N) is 2. The van der Waals surface area contributed by atoms with Crippen LogP contribution in [-0.4, -0.2) is 50.2 Å². The summed E-state index contributed by atoms with van der Waals surface area (Å²) in [7, 11) is -1.82. The van der Waals surface area contributed by atoms with Crippen LogP contribution < -0.4 is 0 Å². The summed E-state index contributed by atoms with van der Waals surface area (Å²) in [5, 5.41) is 11.0. The van der Waals surface area contributed by atoms with Crippen molar-refractivity contribution in [1.29, 1.82) is 0 Å². The Morgan fingerprint density at radius 3 is 2.33 bits per heavy atom. The van der Waals surface area contributed by atoms with Gasteiger partial charge in [0.05, 0.1) is 9.92 Å². The lowest BCUT2D eigenvalue weighted by Crippen LogP contribution is -2.34. The van der Waals surface area contributed by atoms with Crippen LogP contribution in [0.1, 0.15) is 48.7 Å². The van der Waals surface area contributed by atoms with Crippen LogP contribution in [0.25, 0.3) is 5.57 Å². The summed E-state index contributed by atoms with van der Waals surface area (Å²) < 4.78 is 29.5. The van der Waals surface area contributed by atoms with Crippen LogP contribution in [0.2, 0.25) is 10.0 Å². The number of rotatable bonds is 14. The van der Waals surface area contributed by atoms with Gasteiger partial charge in [0, 0.05) is 36.8 Å². The summed E-state index contributed by atoms with van der Waals surface area (Å²) >= 11 is 12.4. The Labute approximate surface area is 320 Å². The first kappa shape index (κ1) is 40.5. The molecule has 4 rings (SSSR count). The zero-order valence-electron chi connectivity index (χ0n) is 29.7. The summed E-state index contributed by atoms with van der Waals surface area (Å²) in [6, 6.07) is 27.6. The average molecular weight is 760 g/mol. The van der Waals surface area contributed by atoms with Gasteiger partial charge in [0.25, 0.3) is 5.91 Å². The van der Waals surface area contributed by atoms with E-state index in [9.17, 15) is 18.5 Å². The first-order chi connectivity index (χ1) is 25.0. The van der Waals surface area contributed by atoms with E-state index in [0.29, 0.717) is 44.1 Å². The highest BCUT2D eigenvalue weighted by atomic mass is 35.5. The van der Waals surface area contributed by atoms with Gasteiger partial charge in [-0.2, -0.15) is 0 Å². The lowest BCUT2D eigenvalue weighted by Gasteiger charge is -2.24. The Kier molecular flexibility index (Phi) is 16.1. The van der Waals surface area contributed by atoms with Crippen LogP contribution in [0.3, 0.4) is 0 Å². The van der Waals surface area contributed by atoms with Crippen molar-refractivity contribution in [2.45, 2.75) is 44.8 Å². The number of carbonyl (C=O) groups excluding carboxylic acids is 1. The molecule has 5 nitrogen and oxygen atoms in total. The van der Waals surface area contributed by atoms with Gasteiger partial charge in [0.1, 0.15) is 17.2 Å². The monoisotopic (exact) mass is 758 g/mol. The van der Waals surface area contributed by atoms with Gasteiger partial charge < -0.3 is 10.0 Å². The summed E-state index contributed by atoms with van der Waals surface area (Å²) in [5.74, 6) is 0.0106. The number of carbonyl (C=O) groups is 1. The van der Waals surface area contributed by atoms with Gasteiger partial charge in [-0.05, 0) is 72.4 Å². The van der Waals surface area contributed by atoms with Crippen molar-refractivity contribution in [2.75, 3.05) is 19.6 Å². The van der Waals surface area contributed by atoms with Gasteiger partial charge in [-0.1, -0.05) is 146 Å². The molecule has 1 amide bonds. The van der Waals surface area contributed by atoms with Crippen LogP contribution in [0.4, 0.5) is 4.39 Å². The largest absolute Gasteiger partial charge is 0.505 e. The molecule has 272 valence electrons. The maximum absolute atomic E-state index is 14.0. The number of alkyl halides is 1. The lowest BCUT2D eigenvalue weighted by molar-refractivity contribution is 0.0739. The quantitative estimate of drug-likeness (QED) is 0.167. The second-order valence-electron chi connectivity index (χ2n) is 12.8. The predicted octanol–water partition coefficient (Wildman–Crippen LogP) is 10.9. The molecule has 0 heterocycles. The maximum Gasteiger partial charge on any atom is 0.253 e. The molecule has 2 unspecified atom stereocenters. The Morgan fingerprint density at radius 1 is 0.981 bits per heavy atom. The molecule has 9 heteroatoms. The average Bonchev–Trinajstić information content (AvgIpc) is 3.34. The standard InChI is InChI=1S/C43H45Cl2FN2O3S/c1-32(2)29-47(43(50)37-16-11-7-5-4-6-8-12-17-37)26-13-9-10-15-33(3)30-48(52(51)41-28-38(44)27-40(45)42(41)49)31-34-20-22-36(23-21-34)35-18-14-19-39(46)25-24-35/h4-12,14-25,27-28,32,39,49H,13,26,29-31H2,1-3H3/b5-4?,6-4?,7-5?,8-6?,10-9-,11-7?,12-8?,16-11?,17-12?,33-15+,37-16?,37-17?. The van der Waals surface area contributed by atoms with E-state index in [4.69, 9.17) is 23.2 Å². The van der Waals surface area contributed by atoms with Crippen LogP contribution in [0.5, 0.6) is 5.75 Å². The number of halogens is 3. The third-order valence-corrected chi connectivity index (χ3v) is 9.86. The number of amides is 1. The number of hydrogen-bond donors (Lipinski definition) is 1. The Bertz CT molecular complexity index is 1890. The molecule has 0 radical (unpaired) electrons. The molecule has 0 aliphatic heterocycles. The minimum Gasteiger partial charge on any atom is -0.505 e. The van der Waals surface area contributed by atoms with Crippen molar-refractivity contribution in [1.82, 2.24) is 9.21 Å². The van der Waals surface area contributed by atoms with Gasteiger partial charge in [-0.25, -0.2) is 12.9 Å². The molecular formula is C43H45Cl2FN2O3S. The van der Waals surface area contributed by atoms with E-state index in [2.05, 4.69) is 13.8 Å². The second-order valence-corrected chi connectivity index (χ2v) is 15.1. The number of phenolic OH excluding ortho intramolecular Hbond substituents is 1. The maximum atomic E-state index is 14.0. The van der Waals surface area contributed by atoms with E-state index in [0.717, 1.165) is 22.3 Å². The molecular weight excluding hydrogens is 714 g/mol. The third-order valence-electron chi connectivity index (χ3n) is 7.94. The molecule has 1 aliphatic rings. The highest BCUT2D eigenvalue weighted by molar-refractivity contribution is 7.82. The van der Waals surface area contributed by atoms with Crippen molar-refractivity contribution < 1.29 is 18.5 Å². The van der Waals surface area contributed by atoms with Crippen molar-refractivity contribution in [2.24, 2.45) is 5.92 Å². The van der Waals surface area contributed by atoms with Crippen molar-refractivity contribution in [3.8, 4) is 5.75 Å². The summed E-state index contributed by atoms with van der Waals surface area (Å²) in [5.41, 5.74) is 4.25. The molecule has 3 aromatic rings. The summed E-state index contributed by atoms with van der Waals surface area (Å²) in [4.78, 5) is 15.5. The van der Waals surface area contributed by atoms with E-state index < -0.39 is 17.2 Å². The van der Waals surface area contributed by atoms with Gasteiger partial charge in [-0.15, -0.1) is 0 Å². The molecule has 3 aromatic carbocycles. The Hall–Kier alpha value is -4.27. The Morgan fingerprint density at radius 2 is 1.65 bits per heavy atom. The van der Waals surface area contributed by atoms with Gasteiger partial charge >= 0.3 is 0 Å². The number of benzene rings is 2. The number of aromatic hydroxyl groups is 1. The molecule has 0 fully saturated rings. The highest BCUT2D eigenvalue weighted by Crippen LogP contribution is 2.35. The zero-order valence-corrected chi connectivity index (χ0v) is 32.0. The van der Waals surface area contributed by atoms with E-state index in [1.165, 1.54) is 24.3 Å². The Balaban J connectivity index is 1.49. The number of allylic oxidation sites excluding steroid dienone is 8. The van der Waals surface area contributed by atoms with Crippen LogP contribution >= 0.6 is 23.2 Å². The SMILES string of the molecule is C/C(=C\C=C/CCN(CC(C)C)C(=O)c1ccccccccc1)CN(Cc1ccc(C2=CC=CC(F)C=C2)cc1)S(=O)c1cc(Cl)cc(Cl)c1O. The zero-order chi connectivity index (χ0) is 37.5. The molecule has 52 heavy (non-hydrogen) atoms.